The van der Waals surface area contributed by atoms with Crippen molar-refractivity contribution in [3.63, 3.8) is 0 Å². The third-order valence-corrected chi connectivity index (χ3v) is 7.27. The second-order valence-corrected chi connectivity index (χ2v) is 9.56. The standard InChI is InChI=1S/C26H29N3O6/c30-22-14-20(26(34)35-22)28-24(32)21-12-11-18-7-3-4-8-19(25(33)29(18)21)27-23(31)17-10-9-15-5-1-2-6-16(15)13-17/h1-2,5-6,9-10,13,18-21,26,34H,3-4,7-8,11-12,14H2,(H,27,31)(H,28,32)/t18-,19-,20?,21-,26?/m0/s1. The molecule has 0 aromatic heterocycles. The number of carbonyl (C=O) groups excluding carboxylic acids is 4. The maximum absolute atomic E-state index is 13.6. The lowest BCUT2D eigenvalue weighted by Gasteiger charge is -2.35. The average molecular weight is 480 g/mol. The molecule has 2 aromatic rings. The molecule has 3 heterocycles. The van der Waals surface area contributed by atoms with E-state index in [1.807, 2.05) is 36.4 Å². The zero-order valence-electron chi connectivity index (χ0n) is 19.3. The summed E-state index contributed by atoms with van der Waals surface area (Å²) < 4.78 is 4.71. The maximum atomic E-state index is 13.6. The van der Waals surface area contributed by atoms with E-state index in [0.717, 1.165) is 30.0 Å². The van der Waals surface area contributed by atoms with Crippen LogP contribution in [0.1, 0.15) is 55.3 Å². The lowest BCUT2D eigenvalue weighted by Crippen LogP contribution is -2.57. The minimum absolute atomic E-state index is 0.0787. The van der Waals surface area contributed by atoms with Crippen molar-refractivity contribution in [2.75, 3.05) is 0 Å². The van der Waals surface area contributed by atoms with Crippen molar-refractivity contribution >= 4 is 34.5 Å². The monoisotopic (exact) mass is 479 g/mol. The van der Waals surface area contributed by atoms with Crippen LogP contribution in [0, 0.1) is 0 Å². The zero-order valence-corrected chi connectivity index (χ0v) is 19.3. The van der Waals surface area contributed by atoms with Gasteiger partial charge in [-0.2, -0.15) is 0 Å². The van der Waals surface area contributed by atoms with Crippen molar-refractivity contribution in [1.82, 2.24) is 15.5 Å². The van der Waals surface area contributed by atoms with Crippen LogP contribution in [0.15, 0.2) is 42.5 Å². The molecule has 3 N–H and O–H groups in total. The topological polar surface area (TPSA) is 125 Å². The first-order valence-corrected chi connectivity index (χ1v) is 12.2. The average Bonchev–Trinajstić information content (AvgIpc) is 3.40. The predicted molar refractivity (Wildman–Crippen MR) is 126 cm³/mol. The Balaban J connectivity index is 1.31. The Kier molecular flexibility index (Phi) is 6.42. The van der Waals surface area contributed by atoms with E-state index < -0.39 is 36.3 Å². The number of nitrogens with zero attached hydrogens (tertiary/aromatic N) is 1. The maximum Gasteiger partial charge on any atom is 0.310 e. The SMILES string of the molecule is O=C1CC(NC(=O)[C@@H]2CC[C@@H]3CCCC[C@H](NC(=O)c4ccc5ccccc5c4)C(=O)N32)C(O)O1. The Bertz CT molecular complexity index is 1170. The van der Waals surface area contributed by atoms with E-state index in [2.05, 4.69) is 10.6 Å². The first-order chi connectivity index (χ1) is 16.9. The van der Waals surface area contributed by atoms with E-state index in [1.54, 1.807) is 11.0 Å². The lowest BCUT2D eigenvalue weighted by atomic mass is 9.98. The molecule has 3 amide bonds. The smallest absolute Gasteiger partial charge is 0.310 e. The second-order valence-electron chi connectivity index (χ2n) is 9.56. The van der Waals surface area contributed by atoms with Gasteiger partial charge in [-0.3, -0.25) is 19.2 Å². The van der Waals surface area contributed by atoms with Crippen LogP contribution in [-0.4, -0.2) is 64.2 Å². The Hall–Kier alpha value is -3.46. The van der Waals surface area contributed by atoms with Gasteiger partial charge in [-0.1, -0.05) is 43.2 Å². The second kappa shape index (κ2) is 9.65. The summed E-state index contributed by atoms with van der Waals surface area (Å²) in [5.74, 6) is -1.58. The van der Waals surface area contributed by atoms with Gasteiger partial charge in [0.1, 0.15) is 18.1 Å². The molecule has 3 fully saturated rings. The third kappa shape index (κ3) is 4.73. The van der Waals surface area contributed by atoms with Crippen molar-refractivity contribution in [2.45, 2.75) is 75.4 Å². The molecule has 0 spiro atoms. The van der Waals surface area contributed by atoms with Crippen molar-refractivity contribution < 1.29 is 29.0 Å². The van der Waals surface area contributed by atoms with E-state index in [1.165, 1.54) is 0 Å². The quantitative estimate of drug-likeness (QED) is 0.573. The van der Waals surface area contributed by atoms with Gasteiger partial charge in [0.05, 0.1) is 6.42 Å². The van der Waals surface area contributed by atoms with Gasteiger partial charge >= 0.3 is 5.97 Å². The summed E-state index contributed by atoms with van der Waals surface area (Å²) in [5.41, 5.74) is 0.478. The molecule has 0 bridgehead atoms. The van der Waals surface area contributed by atoms with Crippen LogP contribution in [0.3, 0.4) is 0 Å². The summed E-state index contributed by atoms with van der Waals surface area (Å²) in [6.07, 6.45) is 2.69. The zero-order chi connectivity index (χ0) is 24.5. The number of cyclic esters (lactones) is 1. The molecule has 184 valence electrons. The Labute approximate surface area is 202 Å². The van der Waals surface area contributed by atoms with Gasteiger partial charge in [-0.25, -0.2) is 0 Å². The highest BCUT2D eigenvalue weighted by Gasteiger charge is 2.45. The van der Waals surface area contributed by atoms with Gasteiger partial charge in [0.2, 0.25) is 18.1 Å². The number of hydrogen-bond acceptors (Lipinski definition) is 6. The van der Waals surface area contributed by atoms with Crippen LogP contribution in [0.25, 0.3) is 10.8 Å². The lowest BCUT2D eigenvalue weighted by molar-refractivity contribution is -0.155. The number of carbonyl (C=O) groups is 4. The number of fused-ring (bicyclic) bond motifs is 2. The summed E-state index contributed by atoms with van der Waals surface area (Å²) in [7, 11) is 0. The fourth-order valence-electron chi connectivity index (χ4n) is 5.44. The van der Waals surface area contributed by atoms with Crippen LogP contribution >= 0.6 is 0 Å². The van der Waals surface area contributed by atoms with Crippen LogP contribution < -0.4 is 10.6 Å². The summed E-state index contributed by atoms with van der Waals surface area (Å²) >= 11 is 0. The number of rotatable bonds is 4. The number of hydrogen-bond donors (Lipinski definition) is 3. The largest absolute Gasteiger partial charge is 0.434 e. The van der Waals surface area contributed by atoms with Gasteiger partial charge in [0.25, 0.3) is 5.91 Å². The molecule has 2 aromatic carbocycles. The number of amides is 3. The van der Waals surface area contributed by atoms with E-state index >= 15 is 0 Å². The first kappa shape index (κ1) is 23.3. The van der Waals surface area contributed by atoms with Crippen LogP contribution in [-0.2, 0) is 19.1 Å². The van der Waals surface area contributed by atoms with Crippen LogP contribution in [0.4, 0.5) is 0 Å². The fourth-order valence-corrected chi connectivity index (χ4v) is 5.44. The van der Waals surface area contributed by atoms with Crippen LogP contribution in [0.5, 0.6) is 0 Å². The molecule has 35 heavy (non-hydrogen) atoms. The Morgan fingerprint density at radius 1 is 0.943 bits per heavy atom. The third-order valence-electron chi connectivity index (χ3n) is 7.27. The highest BCUT2D eigenvalue weighted by molar-refractivity contribution is 6.01. The highest BCUT2D eigenvalue weighted by Crippen LogP contribution is 2.32. The van der Waals surface area contributed by atoms with Crippen molar-refractivity contribution in [2.24, 2.45) is 0 Å². The number of esters is 1. The number of aliphatic hydroxyl groups is 1. The van der Waals surface area contributed by atoms with Crippen molar-refractivity contribution in [3.8, 4) is 0 Å². The first-order valence-electron chi connectivity index (χ1n) is 12.2. The highest BCUT2D eigenvalue weighted by atomic mass is 16.6. The molecule has 2 unspecified atom stereocenters. The predicted octanol–water partition coefficient (Wildman–Crippen LogP) is 1.62. The van der Waals surface area contributed by atoms with E-state index in [0.29, 0.717) is 24.8 Å². The summed E-state index contributed by atoms with van der Waals surface area (Å²) in [4.78, 5) is 52.8. The number of ether oxygens (including phenoxy) is 1. The molecule has 0 aliphatic carbocycles. The Morgan fingerprint density at radius 3 is 2.49 bits per heavy atom. The molecule has 9 nitrogen and oxygen atoms in total. The van der Waals surface area contributed by atoms with Crippen molar-refractivity contribution in [1.29, 1.82) is 0 Å². The fraction of sp³-hybridized carbons (Fsp3) is 0.462. The Morgan fingerprint density at radius 2 is 1.71 bits per heavy atom. The summed E-state index contributed by atoms with van der Waals surface area (Å²) in [6, 6.07) is 10.8. The summed E-state index contributed by atoms with van der Waals surface area (Å²) in [5, 5.41) is 17.4. The van der Waals surface area contributed by atoms with E-state index in [4.69, 9.17) is 4.74 Å². The minimum Gasteiger partial charge on any atom is -0.434 e. The molecular formula is C26H29N3O6. The van der Waals surface area contributed by atoms with Gasteiger partial charge < -0.3 is 25.4 Å². The molecule has 0 saturated carbocycles. The number of aliphatic hydroxyl groups excluding tert-OH is 1. The molecule has 3 saturated heterocycles. The van der Waals surface area contributed by atoms with Gasteiger partial charge in [-0.15, -0.1) is 0 Å². The van der Waals surface area contributed by atoms with E-state index in [-0.39, 0.29) is 24.3 Å². The normalized spacial score (nSPS) is 28.7. The molecule has 3 aliphatic heterocycles. The van der Waals surface area contributed by atoms with Gasteiger partial charge in [0.15, 0.2) is 0 Å². The molecule has 5 rings (SSSR count). The molecular weight excluding hydrogens is 450 g/mol. The van der Waals surface area contributed by atoms with Gasteiger partial charge in [-0.05, 0) is 48.6 Å². The minimum atomic E-state index is -1.39. The number of nitrogens with one attached hydrogen (secondary N) is 2. The van der Waals surface area contributed by atoms with Crippen LogP contribution in [0.2, 0.25) is 0 Å². The molecule has 0 radical (unpaired) electrons. The molecule has 5 atom stereocenters. The summed E-state index contributed by atoms with van der Waals surface area (Å²) in [6.45, 7) is 0. The van der Waals surface area contributed by atoms with Gasteiger partial charge in [0, 0.05) is 11.6 Å². The van der Waals surface area contributed by atoms with Crippen molar-refractivity contribution in [3.05, 3.63) is 48.0 Å². The van der Waals surface area contributed by atoms with E-state index in [9.17, 15) is 24.3 Å². The molecule has 3 aliphatic rings. The number of benzene rings is 2. The molecule has 9 heteroatoms.